The Kier molecular flexibility index (Phi) is 5.08. The molecule has 0 saturated heterocycles. The van der Waals surface area contributed by atoms with Crippen LogP contribution in [0.1, 0.15) is 25.0 Å². The van der Waals surface area contributed by atoms with E-state index in [1.807, 2.05) is 68.4 Å². The van der Waals surface area contributed by atoms with E-state index in [2.05, 4.69) is 38.2 Å². The Morgan fingerprint density at radius 1 is 0.808 bits per heavy atom. The lowest BCUT2D eigenvalue weighted by Crippen LogP contribution is -1.97. The number of hydrogen-bond acceptors (Lipinski definition) is 5. The first-order valence-corrected chi connectivity index (χ1v) is 8.16. The zero-order chi connectivity index (χ0) is 18.5. The first-order chi connectivity index (χ1) is 12.6. The van der Waals surface area contributed by atoms with E-state index >= 15 is 0 Å². The topological polar surface area (TPSA) is 63.4 Å². The molecule has 0 fully saturated rings. The summed E-state index contributed by atoms with van der Waals surface area (Å²) in [5, 5.41) is 0. The van der Waals surface area contributed by atoms with Gasteiger partial charge in [-0.05, 0) is 31.7 Å². The molecule has 3 aromatic rings. The maximum absolute atomic E-state index is 4.54. The molecule has 0 aliphatic carbocycles. The molecule has 2 aromatic carbocycles. The molecule has 26 heavy (non-hydrogen) atoms. The number of rotatable bonds is 5. The SMILES string of the molecule is C=Nc1nc(/N=C(/C)c2ccc(C(=C)C)cc2)nc(-c2ccccc2)n1. The van der Waals surface area contributed by atoms with E-state index in [1.54, 1.807) is 0 Å². The van der Waals surface area contributed by atoms with Crippen molar-refractivity contribution in [2.75, 3.05) is 0 Å². The molecular formula is C21H19N5. The zero-order valence-electron chi connectivity index (χ0n) is 14.8. The number of benzene rings is 2. The molecule has 0 aliphatic heterocycles. The highest BCUT2D eigenvalue weighted by Crippen LogP contribution is 2.21. The van der Waals surface area contributed by atoms with Crippen molar-refractivity contribution in [3.63, 3.8) is 0 Å². The van der Waals surface area contributed by atoms with Crippen LogP contribution in [-0.4, -0.2) is 27.4 Å². The third-order valence-corrected chi connectivity index (χ3v) is 3.85. The Labute approximate surface area is 152 Å². The summed E-state index contributed by atoms with van der Waals surface area (Å²) < 4.78 is 0. The van der Waals surface area contributed by atoms with Crippen LogP contribution in [0.15, 0.2) is 71.2 Å². The van der Waals surface area contributed by atoms with Crippen LogP contribution >= 0.6 is 0 Å². The van der Waals surface area contributed by atoms with Gasteiger partial charge >= 0.3 is 0 Å². The predicted octanol–water partition coefficient (Wildman–Crippen LogP) is 5.04. The van der Waals surface area contributed by atoms with Gasteiger partial charge in [-0.1, -0.05) is 66.7 Å². The summed E-state index contributed by atoms with van der Waals surface area (Å²) in [4.78, 5) is 21.4. The molecule has 3 rings (SSSR count). The first-order valence-electron chi connectivity index (χ1n) is 8.16. The molecule has 0 saturated carbocycles. The second kappa shape index (κ2) is 7.61. The van der Waals surface area contributed by atoms with Crippen LogP contribution in [0, 0.1) is 0 Å². The lowest BCUT2D eigenvalue weighted by Gasteiger charge is -2.05. The minimum atomic E-state index is 0.253. The summed E-state index contributed by atoms with van der Waals surface area (Å²) in [6.07, 6.45) is 0. The molecule has 0 atom stereocenters. The molecule has 0 radical (unpaired) electrons. The minimum Gasteiger partial charge on any atom is -0.228 e. The summed E-state index contributed by atoms with van der Waals surface area (Å²) in [5.74, 6) is 1.08. The molecule has 0 spiro atoms. The van der Waals surface area contributed by atoms with E-state index in [9.17, 15) is 0 Å². The van der Waals surface area contributed by atoms with Gasteiger partial charge in [-0.25, -0.2) is 9.98 Å². The van der Waals surface area contributed by atoms with E-state index in [1.165, 1.54) is 0 Å². The molecule has 0 bridgehead atoms. The highest BCUT2D eigenvalue weighted by Gasteiger charge is 2.08. The van der Waals surface area contributed by atoms with Gasteiger partial charge in [0.25, 0.3) is 11.9 Å². The molecule has 128 valence electrons. The maximum Gasteiger partial charge on any atom is 0.255 e. The monoisotopic (exact) mass is 341 g/mol. The van der Waals surface area contributed by atoms with E-state index in [4.69, 9.17) is 0 Å². The Hall–Kier alpha value is -3.47. The Bertz CT molecular complexity index is 973. The van der Waals surface area contributed by atoms with Crippen LogP contribution in [0.4, 0.5) is 11.9 Å². The average Bonchev–Trinajstić information content (AvgIpc) is 2.68. The van der Waals surface area contributed by atoms with Gasteiger partial charge in [-0.2, -0.15) is 15.0 Å². The minimum absolute atomic E-state index is 0.253. The molecule has 0 aliphatic rings. The standard InChI is InChI=1S/C21H19N5/c1-14(2)16-10-12-17(13-11-16)15(3)23-21-25-19(24-20(22-4)26-21)18-8-6-5-7-9-18/h5-13H,1,4H2,2-3H3/b23-15-. The van der Waals surface area contributed by atoms with Crippen molar-refractivity contribution in [2.24, 2.45) is 9.98 Å². The molecular weight excluding hydrogens is 322 g/mol. The number of hydrogen-bond donors (Lipinski definition) is 0. The first kappa shape index (κ1) is 17.4. The van der Waals surface area contributed by atoms with Crippen molar-refractivity contribution in [1.82, 2.24) is 15.0 Å². The summed E-state index contributed by atoms with van der Waals surface area (Å²) in [6.45, 7) is 11.4. The maximum atomic E-state index is 4.54. The molecule has 1 aromatic heterocycles. The van der Waals surface area contributed by atoms with Crippen LogP contribution in [0.25, 0.3) is 17.0 Å². The second-order valence-electron chi connectivity index (χ2n) is 5.84. The fourth-order valence-electron chi connectivity index (χ4n) is 2.40. The van der Waals surface area contributed by atoms with Crippen molar-refractivity contribution in [1.29, 1.82) is 0 Å². The zero-order valence-corrected chi connectivity index (χ0v) is 14.8. The van der Waals surface area contributed by atoms with Crippen molar-refractivity contribution < 1.29 is 0 Å². The average molecular weight is 341 g/mol. The van der Waals surface area contributed by atoms with E-state index < -0.39 is 0 Å². The Morgan fingerprint density at radius 2 is 1.42 bits per heavy atom. The molecule has 5 nitrogen and oxygen atoms in total. The Morgan fingerprint density at radius 3 is 2.04 bits per heavy atom. The fourth-order valence-corrected chi connectivity index (χ4v) is 2.40. The van der Waals surface area contributed by atoms with Gasteiger partial charge in [0.05, 0.1) is 0 Å². The summed E-state index contributed by atoms with van der Waals surface area (Å²) in [5.41, 5.74) is 4.80. The van der Waals surface area contributed by atoms with Crippen molar-refractivity contribution >= 4 is 29.9 Å². The lowest BCUT2D eigenvalue weighted by molar-refractivity contribution is 1.04. The van der Waals surface area contributed by atoms with Gasteiger partial charge < -0.3 is 0 Å². The third kappa shape index (κ3) is 3.95. The highest BCUT2D eigenvalue weighted by atomic mass is 15.2. The van der Waals surface area contributed by atoms with Gasteiger partial charge in [0.2, 0.25) is 0 Å². The van der Waals surface area contributed by atoms with Gasteiger partial charge in [0, 0.05) is 11.3 Å². The van der Waals surface area contributed by atoms with Crippen LogP contribution in [-0.2, 0) is 0 Å². The van der Waals surface area contributed by atoms with Crippen molar-refractivity contribution in [3.05, 3.63) is 72.3 Å². The quantitative estimate of drug-likeness (QED) is 0.610. The van der Waals surface area contributed by atoms with Crippen molar-refractivity contribution in [2.45, 2.75) is 13.8 Å². The molecule has 5 heteroatoms. The number of aliphatic imine (C=N–C) groups is 2. The normalized spacial score (nSPS) is 11.2. The summed E-state index contributed by atoms with van der Waals surface area (Å²) in [6, 6.07) is 17.7. The van der Waals surface area contributed by atoms with Crippen molar-refractivity contribution in [3.8, 4) is 11.4 Å². The summed E-state index contributed by atoms with van der Waals surface area (Å²) >= 11 is 0. The van der Waals surface area contributed by atoms with Gasteiger partial charge in [0.15, 0.2) is 5.82 Å². The fraction of sp³-hybridized carbons (Fsp3) is 0.0952. The van der Waals surface area contributed by atoms with E-state index in [0.717, 1.165) is 28.0 Å². The number of nitrogens with zero attached hydrogens (tertiary/aromatic N) is 5. The van der Waals surface area contributed by atoms with Crippen LogP contribution < -0.4 is 0 Å². The number of allylic oxidation sites excluding steroid dienone is 1. The molecule has 0 amide bonds. The molecule has 0 unspecified atom stereocenters. The molecule has 0 N–H and O–H groups in total. The van der Waals surface area contributed by atoms with E-state index in [0.29, 0.717) is 11.8 Å². The van der Waals surface area contributed by atoms with Gasteiger partial charge in [-0.3, -0.25) is 0 Å². The second-order valence-corrected chi connectivity index (χ2v) is 5.84. The van der Waals surface area contributed by atoms with Gasteiger partial charge in [0.1, 0.15) is 0 Å². The largest absolute Gasteiger partial charge is 0.255 e. The molecule has 1 heterocycles. The smallest absolute Gasteiger partial charge is 0.228 e. The number of aromatic nitrogens is 3. The van der Waals surface area contributed by atoms with Crippen LogP contribution in [0.5, 0.6) is 0 Å². The summed E-state index contributed by atoms with van der Waals surface area (Å²) in [7, 11) is 0. The highest BCUT2D eigenvalue weighted by molar-refractivity contribution is 6.00. The Balaban J connectivity index is 1.98. The van der Waals surface area contributed by atoms with Gasteiger partial charge in [-0.15, -0.1) is 0 Å². The predicted molar refractivity (Wildman–Crippen MR) is 107 cm³/mol. The third-order valence-electron chi connectivity index (χ3n) is 3.85. The van der Waals surface area contributed by atoms with Crippen LogP contribution in [0.2, 0.25) is 0 Å². The lowest BCUT2D eigenvalue weighted by atomic mass is 10.0. The van der Waals surface area contributed by atoms with Crippen LogP contribution in [0.3, 0.4) is 0 Å². The van der Waals surface area contributed by atoms with E-state index in [-0.39, 0.29) is 5.95 Å².